The first kappa shape index (κ1) is 20.5. The van der Waals surface area contributed by atoms with Gasteiger partial charge in [-0.15, -0.1) is 0 Å². The van der Waals surface area contributed by atoms with Crippen LogP contribution in [0.25, 0.3) is 0 Å². The Balaban J connectivity index is 1.49. The summed E-state index contributed by atoms with van der Waals surface area (Å²) in [6, 6.07) is 19.7. The quantitative estimate of drug-likeness (QED) is 0.610. The molecule has 1 atom stereocenters. The molecule has 0 radical (unpaired) electrons. The van der Waals surface area contributed by atoms with Crippen molar-refractivity contribution in [3.05, 3.63) is 72.8 Å². The maximum atomic E-state index is 12.8. The lowest BCUT2D eigenvalue weighted by molar-refractivity contribution is -0.125. The summed E-state index contributed by atoms with van der Waals surface area (Å²) in [4.78, 5) is 12.6. The molecule has 31 heavy (non-hydrogen) atoms. The summed E-state index contributed by atoms with van der Waals surface area (Å²) < 4.78 is 44.6. The smallest absolute Gasteiger partial charge is 0.269 e. The van der Waals surface area contributed by atoms with Gasteiger partial charge in [0, 0.05) is 5.69 Å². The molecule has 0 spiro atoms. The molecule has 1 amide bonds. The number of sulfonamides is 1. The highest BCUT2D eigenvalue weighted by molar-refractivity contribution is 7.92. The molecular weight excluding hydrogens is 420 g/mol. The predicted octanol–water partition coefficient (Wildman–Crippen LogP) is 3.27. The van der Waals surface area contributed by atoms with Gasteiger partial charge >= 0.3 is 0 Å². The Morgan fingerprint density at radius 3 is 2.55 bits per heavy atom. The zero-order chi connectivity index (χ0) is 21.8. The van der Waals surface area contributed by atoms with Crippen molar-refractivity contribution >= 4 is 27.3 Å². The third-order valence-corrected chi connectivity index (χ3v) is 5.93. The number of para-hydroxylation sites is 4. The molecule has 3 aromatic rings. The van der Waals surface area contributed by atoms with Crippen LogP contribution in [0.1, 0.15) is 0 Å². The SMILES string of the molecule is COc1ccccc1NS(=O)(=O)c1cccc(NC(=O)C2COc3ccccc3O2)c1. The van der Waals surface area contributed by atoms with Crippen LogP contribution in [0, 0.1) is 0 Å². The Bertz CT molecular complexity index is 1210. The van der Waals surface area contributed by atoms with Crippen LogP contribution in [0.2, 0.25) is 0 Å². The molecule has 0 fully saturated rings. The summed E-state index contributed by atoms with van der Waals surface area (Å²) in [5.74, 6) is 1.00. The first-order valence-electron chi connectivity index (χ1n) is 9.41. The molecule has 1 unspecified atom stereocenters. The highest BCUT2D eigenvalue weighted by Gasteiger charge is 2.27. The number of ether oxygens (including phenoxy) is 3. The van der Waals surface area contributed by atoms with Gasteiger partial charge in [0.1, 0.15) is 12.4 Å². The number of carbonyl (C=O) groups excluding carboxylic acids is 1. The molecule has 1 aliphatic rings. The van der Waals surface area contributed by atoms with Crippen LogP contribution >= 0.6 is 0 Å². The van der Waals surface area contributed by atoms with Crippen molar-refractivity contribution in [1.82, 2.24) is 0 Å². The Hall–Kier alpha value is -3.72. The largest absolute Gasteiger partial charge is 0.495 e. The highest BCUT2D eigenvalue weighted by Crippen LogP contribution is 2.31. The number of carbonyl (C=O) groups is 1. The Morgan fingerprint density at radius 2 is 1.74 bits per heavy atom. The molecule has 0 aromatic heterocycles. The molecule has 0 aliphatic carbocycles. The van der Waals surface area contributed by atoms with Gasteiger partial charge in [-0.3, -0.25) is 9.52 Å². The molecule has 160 valence electrons. The van der Waals surface area contributed by atoms with E-state index in [9.17, 15) is 13.2 Å². The summed E-state index contributed by atoms with van der Waals surface area (Å²) in [5, 5.41) is 2.68. The molecule has 4 rings (SSSR count). The number of amides is 1. The number of nitrogens with one attached hydrogen (secondary N) is 2. The number of fused-ring (bicyclic) bond motifs is 1. The number of hydrogen-bond acceptors (Lipinski definition) is 6. The minimum Gasteiger partial charge on any atom is -0.495 e. The zero-order valence-corrected chi connectivity index (χ0v) is 17.4. The monoisotopic (exact) mass is 440 g/mol. The van der Waals surface area contributed by atoms with Crippen molar-refractivity contribution in [1.29, 1.82) is 0 Å². The van der Waals surface area contributed by atoms with Gasteiger partial charge in [-0.05, 0) is 42.5 Å². The number of methoxy groups -OCH3 is 1. The Kier molecular flexibility index (Phi) is 5.68. The second-order valence-electron chi connectivity index (χ2n) is 6.69. The minimum absolute atomic E-state index is 0.0117. The Labute approximate surface area is 179 Å². The number of rotatable bonds is 6. The van der Waals surface area contributed by atoms with E-state index >= 15 is 0 Å². The van der Waals surface area contributed by atoms with Crippen molar-refractivity contribution in [3.63, 3.8) is 0 Å². The third-order valence-electron chi connectivity index (χ3n) is 4.56. The van der Waals surface area contributed by atoms with E-state index in [0.717, 1.165) is 0 Å². The van der Waals surface area contributed by atoms with Gasteiger partial charge in [0.15, 0.2) is 11.5 Å². The van der Waals surface area contributed by atoms with Crippen LogP contribution in [0.5, 0.6) is 17.2 Å². The standard InChI is InChI=1S/C22H20N2O6S/c1-28-18-10-3-2-9-17(18)24-31(26,27)16-8-6-7-15(13-16)23-22(25)21-14-29-19-11-4-5-12-20(19)30-21/h2-13,21,24H,14H2,1H3,(H,23,25). The van der Waals surface area contributed by atoms with E-state index in [1.165, 1.54) is 19.2 Å². The normalized spacial score (nSPS) is 15.1. The molecule has 0 saturated carbocycles. The summed E-state index contributed by atoms with van der Waals surface area (Å²) in [6.45, 7) is 0.0518. The van der Waals surface area contributed by atoms with Crippen LogP contribution < -0.4 is 24.2 Å². The van der Waals surface area contributed by atoms with Gasteiger partial charge in [-0.2, -0.15) is 0 Å². The minimum atomic E-state index is -3.91. The van der Waals surface area contributed by atoms with Gasteiger partial charge in [-0.1, -0.05) is 30.3 Å². The molecular formula is C22H20N2O6S. The van der Waals surface area contributed by atoms with Gasteiger partial charge in [0.05, 0.1) is 17.7 Å². The molecule has 9 heteroatoms. The van der Waals surface area contributed by atoms with Gasteiger partial charge in [0.25, 0.3) is 15.9 Å². The second-order valence-corrected chi connectivity index (χ2v) is 8.37. The van der Waals surface area contributed by atoms with E-state index in [1.807, 2.05) is 6.07 Å². The molecule has 1 aliphatic heterocycles. The first-order valence-corrected chi connectivity index (χ1v) is 10.9. The van der Waals surface area contributed by atoms with Crippen molar-refractivity contribution < 1.29 is 27.4 Å². The highest BCUT2D eigenvalue weighted by atomic mass is 32.2. The first-order chi connectivity index (χ1) is 15.0. The van der Waals surface area contributed by atoms with E-state index < -0.39 is 22.0 Å². The van der Waals surface area contributed by atoms with Crippen LogP contribution in [0.4, 0.5) is 11.4 Å². The molecule has 0 bridgehead atoms. The lowest BCUT2D eigenvalue weighted by Crippen LogP contribution is -2.40. The molecule has 8 nitrogen and oxygen atoms in total. The lowest BCUT2D eigenvalue weighted by Gasteiger charge is -2.25. The fourth-order valence-corrected chi connectivity index (χ4v) is 4.16. The van der Waals surface area contributed by atoms with Crippen molar-refractivity contribution in [2.24, 2.45) is 0 Å². The van der Waals surface area contributed by atoms with Gasteiger partial charge in [0.2, 0.25) is 6.10 Å². The average Bonchev–Trinajstić information content (AvgIpc) is 2.79. The number of benzene rings is 3. The topological polar surface area (TPSA) is 103 Å². The fourth-order valence-electron chi connectivity index (χ4n) is 3.05. The van der Waals surface area contributed by atoms with E-state index in [-0.39, 0.29) is 11.5 Å². The summed E-state index contributed by atoms with van der Waals surface area (Å²) in [5.41, 5.74) is 0.626. The average molecular weight is 440 g/mol. The van der Waals surface area contributed by atoms with Crippen LogP contribution in [0.3, 0.4) is 0 Å². The zero-order valence-electron chi connectivity index (χ0n) is 16.6. The van der Waals surface area contributed by atoms with Crippen LogP contribution in [0.15, 0.2) is 77.7 Å². The van der Waals surface area contributed by atoms with E-state index in [0.29, 0.717) is 28.6 Å². The van der Waals surface area contributed by atoms with Gasteiger partial charge < -0.3 is 19.5 Å². The molecule has 0 saturated heterocycles. The summed E-state index contributed by atoms with van der Waals surface area (Å²) in [6.07, 6.45) is -0.859. The maximum Gasteiger partial charge on any atom is 0.269 e. The van der Waals surface area contributed by atoms with E-state index in [2.05, 4.69) is 10.0 Å². The van der Waals surface area contributed by atoms with Crippen molar-refractivity contribution in [2.45, 2.75) is 11.0 Å². The van der Waals surface area contributed by atoms with Crippen molar-refractivity contribution in [2.75, 3.05) is 23.8 Å². The van der Waals surface area contributed by atoms with E-state index in [1.54, 1.807) is 54.6 Å². The number of hydrogen-bond donors (Lipinski definition) is 2. The Morgan fingerprint density at radius 1 is 1.00 bits per heavy atom. The van der Waals surface area contributed by atoms with Crippen LogP contribution in [-0.4, -0.2) is 34.1 Å². The molecule has 1 heterocycles. The summed E-state index contributed by atoms with van der Waals surface area (Å²) >= 11 is 0. The maximum absolute atomic E-state index is 12.8. The predicted molar refractivity (Wildman–Crippen MR) is 115 cm³/mol. The third kappa shape index (κ3) is 4.56. The van der Waals surface area contributed by atoms with Crippen molar-refractivity contribution in [3.8, 4) is 17.2 Å². The second kappa shape index (κ2) is 8.57. The molecule has 3 aromatic carbocycles. The summed E-state index contributed by atoms with van der Waals surface area (Å²) in [7, 11) is -2.45. The fraction of sp³-hybridized carbons (Fsp3) is 0.136. The van der Waals surface area contributed by atoms with Crippen LogP contribution in [-0.2, 0) is 14.8 Å². The lowest BCUT2D eigenvalue weighted by atomic mass is 10.2. The van der Waals surface area contributed by atoms with E-state index in [4.69, 9.17) is 14.2 Å². The molecule has 2 N–H and O–H groups in total. The van der Waals surface area contributed by atoms with Gasteiger partial charge in [-0.25, -0.2) is 8.42 Å². The number of anilines is 2.